The summed E-state index contributed by atoms with van der Waals surface area (Å²) in [5.74, 6) is -0.715. The molecule has 0 aromatic rings. The molecular weight excluding hydrogens is 403 g/mol. The van der Waals surface area contributed by atoms with E-state index in [2.05, 4.69) is 11.9 Å². The van der Waals surface area contributed by atoms with Crippen LogP contribution >= 0.6 is 7.82 Å². The molecule has 2 unspecified atom stereocenters. The lowest BCUT2D eigenvalue weighted by Crippen LogP contribution is -2.46. The lowest BCUT2D eigenvalue weighted by Gasteiger charge is -2.35. The van der Waals surface area contributed by atoms with Crippen molar-refractivity contribution in [3.8, 4) is 0 Å². The zero-order chi connectivity index (χ0) is 21.2. The molecule has 2 N–H and O–H groups in total. The zero-order valence-electron chi connectivity index (χ0n) is 16.9. The summed E-state index contributed by atoms with van der Waals surface area (Å²) in [4.78, 5) is 23.0. The van der Waals surface area contributed by atoms with E-state index in [1.807, 2.05) is 20.8 Å². The largest absolute Gasteiger partial charge is 0.472 e. The van der Waals surface area contributed by atoms with E-state index in [0.717, 1.165) is 0 Å². The van der Waals surface area contributed by atoms with Gasteiger partial charge in [0, 0.05) is 12.3 Å². The highest BCUT2D eigenvalue weighted by Crippen LogP contribution is 2.47. The van der Waals surface area contributed by atoms with Gasteiger partial charge >= 0.3 is 7.82 Å². The van der Waals surface area contributed by atoms with Crippen molar-refractivity contribution in [2.75, 3.05) is 13.2 Å². The Morgan fingerprint density at radius 2 is 1.97 bits per heavy atom. The van der Waals surface area contributed by atoms with Crippen LogP contribution in [0.1, 0.15) is 40.0 Å². The van der Waals surface area contributed by atoms with Gasteiger partial charge in [-0.3, -0.25) is 13.8 Å². The number of ether oxygens (including phenoxy) is 3. The second kappa shape index (κ2) is 8.85. The Labute approximate surface area is 170 Å². The summed E-state index contributed by atoms with van der Waals surface area (Å²) in [6, 6.07) is 0. The number of rotatable bonds is 9. The van der Waals surface area contributed by atoms with Gasteiger partial charge in [0.1, 0.15) is 24.1 Å². The SMILES string of the molecule is C=C1NC(=O)C=CN1[C@@H]1O[C@H](COP(=O)(O)OCCC)C2OC(CC)(CC)O[C@@H]21. The molecule has 1 amide bonds. The maximum absolute atomic E-state index is 12.0. The van der Waals surface area contributed by atoms with Gasteiger partial charge in [0.2, 0.25) is 0 Å². The summed E-state index contributed by atoms with van der Waals surface area (Å²) in [6.45, 7) is 9.51. The average Bonchev–Trinajstić information content (AvgIpc) is 3.22. The lowest BCUT2D eigenvalue weighted by molar-refractivity contribution is -0.224. The Bertz CT molecular complexity index is 710. The highest BCUT2D eigenvalue weighted by Gasteiger charge is 2.59. The molecule has 0 spiro atoms. The predicted octanol–water partition coefficient (Wildman–Crippen LogP) is 1.97. The number of carbonyl (C=O) groups excluding carboxylic acids is 1. The number of nitrogens with zero attached hydrogens (tertiary/aromatic N) is 1. The number of nitrogens with one attached hydrogen (secondary N) is 1. The Balaban J connectivity index is 1.77. The minimum absolute atomic E-state index is 0.112. The lowest BCUT2D eigenvalue weighted by atomic mass is 10.1. The van der Waals surface area contributed by atoms with Gasteiger partial charge in [-0.15, -0.1) is 0 Å². The first-order valence-electron chi connectivity index (χ1n) is 9.83. The number of phosphoric acid groups is 1. The van der Waals surface area contributed by atoms with Crippen molar-refractivity contribution in [2.45, 2.75) is 70.4 Å². The molecule has 0 aromatic heterocycles. The average molecular weight is 432 g/mol. The highest BCUT2D eigenvalue weighted by molar-refractivity contribution is 7.47. The van der Waals surface area contributed by atoms with Crippen LogP contribution in [0.15, 0.2) is 24.7 Å². The molecule has 11 heteroatoms. The van der Waals surface area contributed by atoms with Crippen molar-refractivity contribution in [1.29, 1.82) is 0 Å². The van der Waals surface area contributed by atoms with Crippen LogP contribution in [0.3, 0.4) is 0 Å². The third-order valence-corrected chi connectivity index (χ3v) is 6.15. The van der Waals surface area contributed by atoms with Gasteiger partial charge in [0.15, 0.2) is 12.0 Å². The molecule has 3 heterocycles. The predicted molar refractivity (Wildman–Crippen MR) is 102 cm³/mol. The Morgan fingerprint density at radius 3 is 2.59 bits per heavy atom. The van der Waals surface area contributed by atoms with E-state index < -0.39 is 38.1 Å². The first kappa shape index (κ1) is 22.4. The normalized spacial score (nSPS) is 32.9. The molecule has 29 heavy (non-hydrogen) atoms. The van der Waals surface area contributed by atoms with Gasteiger partial charge in [0.05, 0.1) is 13.2 Å². The molecule has 5 atom stereocenters. The van der Waals surface area contributed by atoms with E-state index in [9.17, 15) is 14.3 Å². The number of hydrogen-bond donors (Lipinski definition) is 2. The van der Waals surface area contributed by atoms with E-state index in [1.165, 1.54) is 6.08 Å². The molecule has 3 aliphatic heterocycles. The van der Waals surface area contributed by atoms with Gasteiger partial charge in [-0.25, -0.2) is 4.57 Å². The maximum Gasteiger partial charge on any atom is 0.472 e. The number of amides is 1. The summed E-state index contributed by atoms with van der Waals surface area (Å²) >= 11 is 0. The molecule has 3 aliphatic rings. The van der Waals surface area contributed by atoms with Gasteiger partial charge in [-0.1, -0.05) is 27.4 Å². The van der Waals surface area contributed by atoms with E-state index in [4.69, 9.17) is 23.3 Å². The molecule has 0 aromatic carbocycles. The van der Waals surface area contributed by atoms with Crippen molar-refractivity contribution in [2.24, 2.45) is 0 Å². The third-order valence-electron chi connectivity index (χ3n) is 5.16. The zero-order valence-corrected chi connectivity index (χ0v) is 17.8. The fourth-order valence-electron chi connectivity index (χ4n) is 3.58. The smallest absolute Gasteiger partial charge is 0.347 e. The number of fused-ring (bicyclic) bond motifs is 1. The summed E-state index contributed by atoms with van der Waals surface area (Å²) in [5, 5.41) is 2.62. The van der Waals surface area contributed by atoms with E-state index in [-0.39, 0.29) is 19.1 Å². The molecule has 0 bridgehead atoms. The van der Waals surface area contributed by atoms with Crippen molar-refractivity contribution < 1.29 is 37.5 Å². The molecule has 164 valence electrons. The summed E-state index contributed by atoms with van der Waals surface area (Å²) in [7, 11) is -4.19. The number of carbonyl (C=O) groups is 1. The van der Waals surface area contributed by atoms with E-state index >= 15 is 0 Å². The van der Waals surface area contributed by atoms with Crippen LogP contribution in [0.4, 0.5) is 0 Å². The van der Waals surface area contributed by atoms with Gasteiger partial charge < -0.3 is 29.3 Å². The van der Waals surface area contributed by atoms with Crippen molar-refractivity contribution in [1.82, 2.24) is 10.2 Å². The summed E-state index contributed by atoms with van der Waals surface area (Å²) in [5.41, 5.74) is 0. The van der Waals surface area contributed by atoms with Crippen LogP contribution in [-0.4, -0.2) is 59.2 Å². The van der Waals surface area contributed by atoms with Crippen molar-refractivity contribution in [3.63, 3.8) is 0 Å². The van der Waals surface area contributed by atoms with Crippen molar-refractivity contribution >= 4 is 13.7 Å². The van der Waals surface area contributed by atoms with Crippen LogP contribution in [0, 0.1) is 0 Å². The van der Waals surface area contributed by atoms with Crippen LogP contribution in [-0.2, 0) is 32.6 Å². The molecule has 2 saturated heterocycles. The first-order valence-corrected chi connectivity index (χ1v) is 11.3. The second-order valence-corrected chi connectivity index (χ2v) is 8.56. The van der Waals surface area contributed by atoms with Crippen LogP contribution in [0.25, 0.3) is 0 Å². The molecule has 3 rings (SSSR count). The van der Waals surface area contributed by atoms with Crippen LogP contribution in [0.2, 0.25) is 0 Å². The monoisotopic (exact) mass is 432 g/mol. The standard InChI is InChI=1S/C18H29N2O8P/c1-5-10-24-29(22,23)25-11-13-15-16(28-18(6-2,7-3)27-15)17(26-13)20-9-8-14(21)19-12(20)4/h8-9,13,15-17H,4-7,10-11H2,1-3H3,(H,19,21)(H,22,23)/t13-,15?,16+,17-/m1/s1. The van der Waals surface area contributed by atoms with E-state index in [1.54, 1.807) is 11.1 Å². The van der Waals surface area contributed by atoms with E-state index in [0.29, 0.717) is 25.1 Å². The Hall–Kier alpha value is -1.26. The summed E-state index contributed by atoms with van der Waals surface area (Å²) in [6.07, 6.45) is 2.42. The fraction of sp³-hybridized carbons (Fsp3) is 0.722. The molecule has 0 radical (unpaired) electrons. The van der Waals surface area contributed by atoms with Crippen LogP contribution in [0.5, 0.6) is 0 Å². The molecule has 0 aliphatic carbocycles. The molecule has 2 fully saturated rings. The summed E-state index contributed by atoms with van der Waals surface area (Å²) < 4.78 is 40.6. The van der Waals surface area contributed by atoms with Crippen molar-refractivity contribution in [3.05, 3.63) is 24.7 Å². The van der Waals surface area contributed by atoms with Gasteiger partial charge in [-0.2, -0.15) is 0 Å². The van der Waals surface area contributed by atoms with Gasteiger partial charge in [0.25, 0.3) is 5.91 Å². The minimum Gasteiger partial charge on any atom is -0.347 e. The maximum atomic E-state index is 12.0. The third kappa shape index (κ3) is 4.74. The topological polar surface area (TPSA) is 116 Å². The van der Waals surface area contributed by atoms with Gasteiger partial charge in [-0.05, 0) is 19.3 Å². The first-order chi connectivity index (χ1) is 13.7. The minimum atomic E-state index is -4.19. The quantitative estimate of drug-likeness (QED) is 0.528. The Morgan fingerprint density at radius 1 is 1.28 bits per heavy atom. The van der Waals surface area contributed by atoms with Crippen LogP contribution < -0.4 is 5.32 Å². The number of phosphoric ester groups is 1. The molecule has 0 saturated carbocycles. The highest BCUT2D eigenvalue weighted by atomic mass is 31.2. The Kier molecular flexibility index (Phi) is 6.84. The fourth-order valence-corrected chi connectivity index (χ4v) is 4.40. The second-order valence-electron chi connectivity index (χ2n) is 7.10. The number of hydrogen-bond acceptors (Lipinski definition) is 8. The molecule has 10 nitrogen and oxygen atoms in total. The molecular formula is C18H29N2O8P.